The van der Waals surface area contributed by atoms with Crippen LogP contribution in [-0.4, -0.2) is 72.2 Å². The number of carboxylic acid groups (broad SMARTS) is 1. The Bertz CT molecular complexity index is 283. The molecule has 1 unspecified atom stereocenters. The van der Waals surface area contributed by atoms with Crippen LogP contribution in [0.5, 0.6) is 0 Å². The Balaban J connectivity index is 2.31. The fourth-order valence-electron chi connectivity index (χ4n) is 2.01. The van der Waals surface area contributed by atoms with Crippen LogP contribution in [0, 0.1) is 0 Å². The number of aliphatic carboxylic acids is 1. The van der Waals surface area contributed by atoms with Crippen molar-refractivity contribution in [2.45, 2.75) is 19.9 Å². The molecule has 6 nitrogen and oxygen atoms in total. The molecule has 1 N–H and O–H groups in total. The average Bonchev–Trinajstić information content (AvgIpc) is 2.28. The Labute approximate surface area is 101 Å². The van der Waals surface area contributed by atoms with Crippen LogP contribution in [0.2, 0.25) is 0 Å². The molecule has 0 saturated carbocycles. The number of carbonyl (C=O) groups is 2. The number of hydrogen-bond donors (Lipinski definition) is 1. The Kier molecular flexibility index (Phi) is 5.37. The number of piperazine rings is 1. The van der Waals surface area contributed by atoms with E-state index < -0.39 is 12.6 Å². The van der Waals surface area contributed by atoms with E-state index in [-0.39, 0.29) is 12.5 Å². The van der Waals surface area contributed by atoms with E-state index in [0.717, 1.165) is 13.1 Å². The minimum atomic E-state index is -1.05. The van der Waals surface area contributed by atoms with Crippen LogP contribution in [-0.2, 0) is 14.3 Å². The second-order valence-corrected chi connectivity index (χ2v) is 4.20. The maximum absolute atomic E-state index is 11.7. The average molecular weight is 244 g/mol. The van der Waals surface area contributed by atoms with Gasteiger partial charge in [0.25, 0.3) is 0 Å². The van der Waals surface area contributed by atoms with Gasteiger partial charge in [-0.25, -0.2) is 4.79 Å². The lowest BCUT2D eigenvalue weighted by Gasteiger charge is -2.39. The van der Waals surface area contributed by atoms with Crippen LogP contribution >= 0.6 is 0 Å². The highest BCUT2D eigenvalue weighted by atomic mass is 16.5. The van der Waals surface area contributed by atoms with Gasteiger partial charge in [0.1, 0.15) is 13.2 Å². The van der Waals surface area contributed by atoms with Gasteiger partial charge in [-0.05, 0) is 13.5 Å². The van der Waals surface area contributed by atoms with Gasteiger partial charge < -0.3 is 14.7 Å². The first kappa shape index (κ1) is 13.9. The molecule has 1 saturated heterocycles. The predicted molar refractivity (Wildman–Crippen MR) is 61.7 cm³/mol. The zero-order valence-electron chi connectivity index (χ0n) is 10.4. The maximum atomic E-state index is 11.7. The van der Waals surface area contributed by atoms with E-state index in [0.29, 0.717) is 19.1 Å². The van der Waals surface area contributed by atoms with Crippen LogP contribution in [0.25, 0.3) is 0 Å². The van der Waals surface area contributed by atoms with Crippen LogP contribution in [0.15, 0.2) is 0 Å². The summed E-state index contributed by atoms with van der Waals surface area (Å²) in [5.41, 5.74) is 0. The Morgan fingerprint density at radius 1 is 1.35 bits per heavy atom. The van der Waals surface area contributed by atoms with E-state index in [4.69, 9.17) is 9.84 Å². The Hall–Kier alpha value is -1.14. The molecule has 1 aliphatic rings. The van der Waals surface area contributed by atoms with Crippen LogP contribution < -0.4 is 0 Å². The summed E-state index contributed by atoms with van der Waals surface area (Å²) in [5.74, 6) is -1.18. The molecule has 0 aromatic heterocycles. The molecule has 1 atom stereocenters. The lowest BCUT2D eigenvalue weighted by molar-refractivity contribution is -0.146. The number of carboxylic acids is 1. The van der Waals surface area contributed by atoms with Crippen LogP contribution in [0.1, 0.15) is 13.8 Å². The predicted octanol–water partition coefficient (Wildman–Crippen LogP) is -0.360. The molecule has 0 spiro atoms. The smallest absolute Gasteiger partial charge is 0.329 e. The van der Waals surface area contributed by atoms with Gasteiger partial charge >= 0.3 is 5.97 Å². The molecule has 98 valence electrons. The number of likely N-dealkylation sites (N-methyl/N-ethyl adjacent to an activating group) is 1. The number of rotatable bonds is 5. The van der Waals surface area contributed by atoms with E-state index in [2.05, 4.69) is 18.7 Å². The Morgan fingerprint density at radius 2 is 2.06 bits per heavy atom. The molecule has 1 amide bonds. The first-order valence-corrected chi connectivity index (χ1v) is 5.86. The lowest BCUT2D eigenvalue weighted by atomic mass is 10.2. The Morgan fingerprint density at radius 3 is 2.59 bits per heavy atom. The summed E-state index contributed by atoms with van der Waals surface area (Å²) in [7, 11) is 0. The third kappa shape index (κ3) is 4.32. The molecular weight excluding hydrogens is 224 g/mol. The summed E-state index contributed by atoms with van der Waals surface area (Å²) >= 11 is 0. The molecule has 0 bridgehead atoms. The van der Waals surface area contributed by atoms with Crippen molar-refractivity contribution in [1.82, 2.24) is 9.80 Å². The minimum absolute atomic E-state index is 0.131. The highest BCUT2D eigenvalue weighted by molar-refractivity contribution is 5.78. The van der Waals surface area contributed by atoms with Crippen LogP contribution in [0.3, 0.4) is 0 Å². The molecule has 0 aliphatic carbocycles. The first-order chi connectivity index (χ1) is 8.04. The molecule has 0 aromatic rings. The van der Waals surface area contributed by atoms with Gasteiger partial charge in [-0.2, -0.15) is 0 Å². The number of amides is 1. The van der Waals surface area contributed by atoms with Crippen molar-refractivity contribution in [2.75, 3.05) is 39.4 Å². The second kappa shape index (κ2) is 6.56. The van der Waals surface area contributed by atoms with Gasteiger partial charge in [0.05, 0.1) is 0 Å². The van der Waals surface area contributed by atoms with E-state index in [9.17, 15) is 9.59 Å². The van der Waals surface area contributed by atoms with Gasteiger partial charge in [-0.15, -0.1) is 0 Å². The summed E-state index contributed by atoms with van der Waals surface area (Å²) in [6.45, 7) is 6.84. The summed E-state index contributed by atoms with van der Waals surface area (Å²) < 4.78 is 4.79. The monoisotopic (exact) mass is 244 g/mol. The molecule has 1 fully saturated rings. The van der Waals surface area contributed by atoms with Crippen molar-refractivity contribution in [3.63, 3.8) is 0 Å². The molecule has 1 rings (SSSR count). The third-order valence-corrected chi connectivity index (χ3v) is 2.98. The zero-order chi connectivity index (χ0) is 12.8. The summed E-state index contributed by atoms with van der Waals surface area (Å²) in [6, 6.07) is 0.345. The molecule has 1 aliphatic heterocycles. The summed E-state index contributed by atoms with van der Waals surface area (Å²) in [5, 5.41) is 8.39. The van der Waals surface area contributed by atoms with E-state index in [1.54, 1.807) is 4.90 Å². The molecular formula is C11H20N2O4. The van der Waals surface area contributed by atoms with Crippen LogP contribution in [0.4, 0.5) is 0 Å². The SMILES string of the molecule is CCN1CCN(C(=O)COCC(=O)O)CC1C. The number of carbonyl (C=O) groups excluding carboxylic acids is 1. The number of hydrogen-bond acceptors (Lipinski definition) is 4. The fourth-order valence-corrected chi connectivity index (χ4v) is 2.01. The first-order valence-electron chi connectivity index (χ1n) is 5.86. The fraction of sp³-hybridized carbons (Fsp3) is 0.818. The number of nitrogens with zero attached hydrogens (tertiary/aromatic N) is 2. The molecule has 6 heteroatoms. The third-order valence-electron chi connectivity index (χ3n) is 2.98. The zero-order valence-corrected chi connectivity index (χ0v) is 10.4. The van der Waals surface area contributed by atoms with Crippen molar-refractivity contribution in [3.8, 4) is 0 Å². The van der Waals surface area contributed by atoms with Crippen molar-refractivity contribution in [1.29, 1.82) is 0 Å². The molecule has 17 heavy (non-hydrogen) atoms. The standard InChI is InChI=1S/C11H20N2O4/c1-3-12-4-5-13(6-9(12)2)10(14)7-17-8-11(15)16/h9H,3-8H2,1-2H3,(H,15,16). The highest BCUT2D eigenvalue weighted by Crippen LogP contribution is 2.08. The van der Waals surface area contributed by atoms with Crippen molar-refractivity contribution < 1.29 is 19.4 Å². The largest absolute Gasteiger partial charge is 0.480 e. The molecule has 0 aromatic carbocycles. The highest BCUT2D eigenvalue weighted by Gasteiger charge is 2.25. The van der Waals surface area contributed by atoms with E-state index >= 15 is 0 Å². The topological polar surface area (TPSA) is 70.1 Å². The summed E-state index contributed by atoms with van der Waals surface area (Å²) in [6.07, 6.45) is 0. The summed E-state index contributed by atoms with van der Waals surface area (Å²) in [4.78, 5) is 26.0. The maximum Gasteiger partial charge on any atom is 0.329 e. The van der Waals surface area contributed by atoms with Gasteiger partial charge in [-0.3, -0.25) is 9.69 Å². The van der Waals surface area contributed by atoms with Gasteiger partial charge in [-0.1, -0.05) is 6.92 Å². The second-order valence-electron chi connectivity index (χ2n) is 4.20. The minimum Gasteiger partial charge on any atom is -0.480 e. The van der Waals surface area contributed by atoms with Crippen molar-refractivity contribution in [3.05, 3.63) is 0 Å². The lowest BCUT2D eigenvalue weighted by Crippen LogP contribution is -2.54. The molecule has 0 radical (unpaired) electrons. The van der Waals surface area contributed by atoms with Gasteiger partial charge in [0, 0.05) is 25.7 Å². The van der Waals surface area contributed by atoms with Crippen molar-refractivity contribution >= 4 is 11.9 Å². The van der Waals surface area contributed by atoms with E-state index in [1.165, 1.54) is 0 Å². The normalized spacial score (nSPS) is 21.5. The van der Waals surface area contributed by atoms with Crippen molar-refractivity contribution in [2.24, 2.45) is 0 Å². The van der Waals surface area contributed by atoms with E-state index in [1.807, 2.05) is 0 Å². The molecule has 1 heterocycles. The quantitative estimate of drug-likeness (QED) is 0.715. The number of ether oxygens (including phenoxy) is 1. The van der Waals surface area contributed by atoms with Gasteiger partial charge in [0.2, 0.25) is 5.91 Å². The van der Waals surface area contributed by atoms with Gasteiger partial charge in [0.15, 0.2) is 0 Å².